The molecule has 6 nitrogen and oxygen atoms in total. The third-order valence-corrected chi connectivity index (χ3v) is 5.36. The van der Waals surface area contributed by atoms with Crippen LogP contribution < -0.4 is 10.1 Å². The third-order valence-electron chi connectivity index (χ3n) is 5.36. The average Bonchev–Trinajstić information content (AvgIpc) is 2.93. The van der Waals surface area contributed by atoms with Gasteiger partial charge in [-0.05, 0) is 44.0 Å². The minimum Gasteiger partial charge on any atom is -0.481 e. The van der Waals surface area contributed by atoms with Gasteiger partial charge < -0.3 is 19.4 Å². The van der Waals surface area contributed by atoms with Crippen molar-refractivity contribution in [2.45, 2.75) is 38.7 Å². The van der Waals surface area contributed by atoms with Crippen molar-refractivity contribution in [3.05, 3.63) is 60.4 Å². The van der Waals surface area contributed by atoms with E-state index in [0.29, 0.717) is 35.5 Å². The Hall–Kier alpha value is -3.28. The summed E-state index contributed by atoms with van der Waals surface area (Å²) >= 11 is 0. The normalized spacial score (nSPS) is 15.4. The van der Waals surface area contributed by atoms with Crippen molar-refractivity contribution in [3.8, 4) is 5.75 Å². The lowest BCUT2D eigenvalue weighted by atomic mass is 10.2. The Kier molecular flexibility index (Phi) is 6.02. The quantitative estimate of drug-likeness (QED) is 0.657. The molecule has 0 saturated carbocycles. The van der Waals surface area contributed by atoms with Gasteiger partial charge in [0.1, 0.15) is 17.0 Å². The second-order valence-corrected chi connectivity index (χ2v) is 7.57. The van der Waals surface area contributed by atoms with Crippen LogP contribution in [-0.2, 0) is 4.79 Å². The monoisotopic (exact) mass is 406 g/mol. The first-order chi connectivity index (χ1) is 14.6. The zero-order chi connectivity index (χ0) is 20.9. The number of benzene rings is 2. The molecule has 1 aliphatic rings. The number of carbonyl (C=O) groups is 2. The Morgan fingerprint density at radius 2 is 1.63 bits per heavy atom. The number of ether oxygens (including phenoxy) is 1. The van der Waals surface area contributed by atoms with Gasteiger partial charge in [0, 0.05) is 18.5 Å². The van der Waals surface area contributed by atoms with E-state index in [9.17, 15) is 9.59 Å². The van der Waals surface area contributed by atoms with Crippen molar-refractivity contribution in [3.63, 3.8) is 0 Å². The maximum Gasteiger partial charge on any atom is 0.291 e. The highest BCUT2D eigenvalue weighted by atomic mass is 16.5. The van der Waals surface area contributed by atoms with Crippen LogP contribution in [0.1, 0.15) is 43.2 Å². The van der Waals surface area contributed by atoms with Crippen LogP contribution in [0.2, 0.25) is 0 Å². The van der Waals surface area contributed by atoms with Crippen molar-refractivity contribution in [1.82, 2.24) is 4.90 Å². The number of hydrogen-bond donors (Lipinski definition) is 1. The summed E-state index contributed by atoms with van der Waals surface area (Å²) in [5, 5.41) is 3.59. The molecule has 1 atom stereocenters. The molecule has 0 radical (unpaired) electrons. The largest absolute Gasteiger partial charge is 0.481 e. The minimum atomic E-state index is -0.734. The van der Waals surface area contributed by atoms with Crippen LogP contribution >= 0.6 is 0 Å². The first-order valence-electron chi connectivity index (χ1n) is 10.5. The highest BCUT2D eigenvalue weighted by Gasteiger charge is 2.28. The zero-order valence-electron chi connectivity index (χ0n) is 17.1. The van der Waals surface area contributed by atoms with E-state index in [4.69, 9.17) is 9.15 Å². The van der Waals surface area contributed by atoms with Crippen LogP contribution in [0.15, 0.2) is 59.0 Å². The van der Waals surface area contributed by atoms with Gasteiger partial charge in [-0.25, -0.2) is 0 Å². The van der Waals surface area contributed by atoms with E-state index in [1.807, 2.05) is 41.3 Å². The SMILES string of the molecule is C[C@H](Oc1ccccc1)C(=O)Nc1c(C(=O)N2CCCCCC2)oc2ccccc12. The number of fused-ring (bicyclic) bond motifs is 1. The lowest BCUT2D eigenvalue weighted by Crippen LogP contribution is -2.34. The Morgan fingerprint density at radius 1 is 0.967 bits per heavy atom. The van der Waals surface area contributed by atoms with Crippen molar-refractivity contribution in [2.75, 3.05) is 18.4 Å². The first kappa shape index (κ1) is 20.0. The van der Waals surface area contributed by atoms with Crippen molar-refractivity contribution < 1.29 is 18.7 Å². The van der Waals surface area contributed by atoms with Crippen molar-refractivity contribution >= 4 is 28.5 Å². The van der Waals surface area contributed by atoms with Crippen LogP contribution in [0.3, 0.4) is 0 Å². The summed E-state index contributed by atoms with van der Waals surface area (Å²) in [5.74, 6) is 0.270. The molecule has 0 aliphatic carbocycles. The van der Waals surface area contributed by atoms with Crippen LogP contribution in [0.5, 0.6) is 5.75 Å². The fourth-order valence-corrected chi connectivity index (χ4v) is 3.72. The van der Waals surface area contributed by atoms with Crippen LogP contribution in [-0.4, -0.2) is 35.9 Å². The van der Waals surface area contributed by atoms with Crippen molar-refractivity contribution in [2.24, 2.45) is 0 Å². The lowest BCUT2D eigenvalue weighted by Gasteiger charge is -2.20. The fraction of sp³-hybridized carbons (Fsp3) is 0.333. The Labute approximate surface area is 175 Å². The molecule has 2 amide bonds. The number of furan rings is 1. The van der Waals surface area contributed by atoms with Gasteiger partial charge in [0.05, 0.1) is 0 Å². The summed E-state index contributed by atoms with van der Waals surface area (Å²) in [6, 6.07) is 16.5. The molecular formula is C24H26N2O4. The maximum atomic E-state index is 13.2. The van der Waals surface area contributed by atoms with E-state index in [0.717, 1.165) is 25.7 Å². The Balaban J connectivity index is 1.59. The molecule has 2 heterocycles. The Bertz CT molecular complexity index is 1020. The predicted molar refractivity (Wildman–Crippen MR) is 116 cm³/mol. The molecule has 4 rings (SSSR count). The first-order valence-corrected chi connectivity index (χ1v) is 10.5. The van der Waals surface area contributed by atoms with E-state index < -0.39 is 6.10 Å². The van der Waals surface area contributed by atoms with Gasteiger partial charge in [0.2, 0.25) is 5.76 Å². The molecule has 0 spiro atoms. The number of anilines is 1. The van der Waals surface area contributed by atoms with Gasteiger partial charge in [-0.3, -0.25) is 9.59 Å². The summed E-state index contributed by atoms with van der Waals surface area (Å²) in [4.78, 5) is 27.9. The average molecular weight is 406 g/mol. The van der Waals surface area contributed by atoms with Gasteiger partial charge in [0.15, 0.2) is 6.10 Å². The molecule has 1 fully saturated rings. The van der Waals surface area contributed by atoms with E-state index in [1.54, 1.807) is 25.1 Å². The summed E-state index contributed by atoms with van der Waals surface area (Å²) in [6.45, 7) is 3.09. The number of nitrogens with zero attached hydrogens (tertiary/aromatic N) is 1. The summed E-state index contributed by atoms with van der Waals surface area (Å²) in [6.07, 6.45) is 3.48. The van der Waals surface area contributed by atoms with Crippen LogP contribution in [0.4, 0.5) is 5.69 Å². The van der Waals surface area contributed by atoms with E-state index in [2.05, 4.69) is 5.32 Å². The number of nitrogens with one attached hydrogen (secondary N) is 1. The minimum absolute atomic E-state index is 0.179. The van der Waals surface area contributed by atoms with E-state index in [1.165, 1.54) is 0 Å². The second kappa shape index (κ2) is 9.03. The van der Waals surface area contributed by atoms with E-state index >= 15 is 0 Å². The van der Waals surface area contributed by atoms with Crippen LogP contribution in [0, 0.1) is 0 Å². The molecule has 3 aromatic rings. The third kappa shape index (κ3) is 4.32. The highest BCUT2D eigenvalue weighted by Crippen LogP contribution is 2.32. The summed E-state index contributed by atoms with van der Waals surface area (Å²) in [5.41, 5.74) is 0.982. The molecule has 30 heavy (non-hydrogen) atoms. The lowest BCUT2D eigenvalue weighted by molar-refractivity contribution is -0.122. The standard InChI is InChI=1S/C24H26N2O4/c1-17(29-18-11-5-4-6-12-18)23(27)25-21-19-13-7-8-14-20(19)30-22(21)24(28)26-15-9-2-3-10-16-26/h4-8,11-14,17H,2-3,9-10,15-16H2,1H3,(H,25,27)/t17-/m0/s1. The van der Waals surface area contributed by atoms with Crippen LogP contribution in [0.25, 0.3) is 11.0 Å². The predicted octanol–water partition coefficient (Wildman–Crippen LogP) is 4.86. The summed E-state index contributed by atoms with van der Waals surface area (Å²) in [7, 11) is 0. The molecule has 156 valence electrons. The molecule has 1 aliphatic heterocycles. The maximum absolute atomic E-state index is 13.2. The van der Waals surface area contributed by atoms with Gasteiger partial charge in [-0.15, -0.1) is 0 Å². The molecule has 2 aromatic carbocycles. The Morgan fingerprint density at radius 3 is 2.37 bits per heavy atom. The van der Waals surface area contributed by atoms with Crippen molar-refractivity contribution in [1.29, 1.82) is 0 Å². The molecule has 1 saturated heterocycles. The van der Waals surface area contributed by atoms with Gasteiger partial charge >= 0.3 is 0 Å². The fourth-order valence-electron chi connectivity index (χ4n) is 3.72. The number of para-hydroxylation sites is 2. The smallest absolute Gasteiger partial charge is 0.291 e. The number of amides is 2. The zero-order valence-corrected chi connectivity index (χ0v) is 17.1. The van der Waals surface area contributed by atoms with Gasteiger partial charge in [-0.1, -0.05) is 43.2 Å². The number of rotatable bonds is 5. The topological polar surface area (TPSA) is 71.8 Å². The number of likely N-dealkylation sites (tertiary alicyclic amines) is 1. The van der Waals surface area contributed by atoms with Gasteiger partial charge in [0.25, 0.3) is 11.8 Å². The van der Waals surface area contributed by atoms with E-state index in [-0.39, 0.29) is 17.6 Å². The highest BCUT2D eigenvalue weighted by molar-refractivity contribution is 6.11. The number of hydrogen-bond acceptors (Lipinski definition) is 4. The number of carbonyl (C=O) groups excluding carboxylic acids is 2. The second-order valence-electron chi connectivity index (χ2n) is 7.57. The molecular weight excluding hydrogens is 380 g/mol. The molecule has 0 unspecified atom stereocenters. The molecule has 0 bridgehead atoms. The van der Waals surface area contributed by atoms with Gasteiger partial charge in [-0.2, -0.15) is 0 Å². The molecule has 1 N–H and O–H groups in total. The molecule has 1 aromatic heterocycles. The molecule has 6 heteroatoms. The summed E-state index contributed by atoms with van der Waals surface area (Å²) < 4.78 is 11.6.